The van der Waals surface area contributed by atoms with Crippen LogP contribution in [-0.2, 0) is 16.1 Å². The first-order valence-corrected chi connectivity index (χ1v) is 8.83. The predicted molar refractivity (Wildman–Crippen MR) is 96.6 cm³/mol. The number of hydrogen-bond donors (Lipinski definition) is 1. The van der Waals surface area contributed by atoms with E-state index < -0.39 is 4.92 Å². The summed E-state index contributed by atoms with van der Waals surface area (Å²) in [7, 11) is 0. The van der Waals surface area contributed by atoms with Crippen LogP contribution in [0.2, 0.25) is 0 Å². The van der Waals surface area contributed by atoms with Gasteiger partial charge < -0.3 is 10.1 Å². The second-order valence-corrected chi connectivity index (χ2v) is 7.11. The minimum Gasteiger partial charge on any atom is -0.489 e. The van der Waals surface area contributed by atoms with Crippen molar-refractivity contribution in [3.63, 3.8) is 0 Å². The topological polar surface area (TPSA) is 81.5 Å². The van der Waals surface area contributed by atoms with E-state index in [-0.39, 0.29) is 16.8 Å². The van der Waals surface area contributed by atoms with Crippen LogP contribution in [0.5, 0.6) is 0 Å². The van der Waals surface area contributed by atoms with Crippen molar-refractivity contribution in [3.05, 3.63) is 75.0 Å². The molecule has 1 atom stereocenters. The van der Waals surface area contributed by atoms with E-state index in [4.69, 9.17) is 4.74 Å². The molecule has 2 aliphatic rings. The van der Waals surface area contributed by atoms with Crippen molar-refractivity contribution < 1.29 is 14.5 Å². The maximum absolute atomic E-state index is 11.9. The average molecular weight is 358 g/mol. The number of nitrogens with one attached hydrogen (secondary N) is 1. The van der Waals surface area contributed by atoms with E-state index in [2.05, 4.69) is 18.0 Å². The molecule has 1 aromatic carbocycles. The zero-order valence-corrected chi connectivity index (χ0v) is 14.4. The van der Waals surface area contributed by atoms with E-state index in [1.54, 1.807) is 12.1 Å². The molecule has 1 aliphatic carbocycles. The summed E-state index contributed by atoms with van der Waals surface area (Å²) in [5, 5.41) is 13.9. The zero-order chi connectivity index (χ0) is 17.8. The molecule has 25 heavy (non-hydrogen) atoms. The molecule has 1 aromatic rings. The Bertz CT molecular complexity index is 768. The van der Waals surface area contributed by atoms with Crippen molar-refractivity contribution in [1.82, 2.24) is 5.32 Å². The van der Waals surface area contributed by atoms with Gasteiger partial charge in [0.2, 0.25) is 5.91 Å². The Hall–Kier alpha value is -2.54. The smallest absolute Gasteiger partial charge is 0.269 e. The normalized spacial score (nSPS) is 19.9. The van der Waals surface area contributed by atoms with Crippen LogP contribution in [-0.4, -0.2) is 16.1 Å². The molecule has 6 nitrogen and oxygen atoms in total. The molecule has 7 heteroatoms. The lowest BCUT2D eigenvalue weighted by molar-refractivity contribution is -0.384. The van der Waals surface area contributed by atoms with Crippen LogP contribution in [0.15, 0.2) is 59.4 Å². The molecular weight excluding hydrogens is 340 g/mol. The average Bonchev–Trinajstić information content (AvgIpc) is 2.91. The number of ether oxygens (including phenoxy) is 1. The van der Waals surface area contributed by atoms with Gasteiger partial charge in [-0.1, -0.05) is 24.4 Å². The maximum Gasteiger partial charge on any atom is 0.269 e. The minimum atomic E-state index is -0.423. The fraction of sp³-hybridized carbons (Fsp3) is 0.278. The van der Waals surface area contributed by atoms with Gasteiger partial charge in [0, 0.05) is 12.1 Å². The molecule has 0 radical (unpaired) electrons. The van der Waals surface area contributed by atoms with Crippen molar-refractivity contribution >= 4 is 23.4 Å². The quantitative estimate of drug-likeness (QED) is 0.618. The number of thioether (sulfide) groups is 1. The highest BCUT2D eigenvalue weighted by molar-refractivity contribution is 8.04. The number of nitrogens with zero attached hydrogens (tertiary/aromatic N) is 1. The van der Waals surface area contributed by atoms with Crippen LogP contribution < -0.4 is 5.32 Å². The molecular formula is C18H18N2O4S. The summed E-state index contributed by atoms with van der Waals surface area (Å²) in [6.45, 7) is 4.11. The summed E-state index contributed by atoms with van der Waals surface area (Å²) < 4.78 is 5.91. The van der Waals surface area contributed by atoms with Gasteiger partial charge in [-0.15, -0.1) is 0 Å². The Labute approximate surface area is 149 Å². The number of benzene rings is 1. The number of nitro groups is 1. The zero-order valence-electron chi connectivity index (χ0n) is 13.6. The van der Waals surface area contributed by atoms with E-state index in [0.29, 0.717) is 18.1 Å². The first-order valence-electron chi connectivity index (χ1n) is 7.95. The van der Waals surface area contributed by atoms with Gasteiger partial charge in [-0.3, -0.25) is 14.9 Å². The molecule has 1 N–H and O–H groups in total. The predicted octanol–water partition coefficient (Wildman–Crippen LogP) is 3.81. The van der Waals surface area contributed by atoms with E-state index in [9.17, 15) is 14.9 Å². The van der Waals surface area contributed by atoms with Crippen LogP contribution in [0.4, 0.5) is 5.69 Å². The third kappa shape index (κ3) is 4.30. The second-order valence-electron chi connectivity index (χ2n) is 5.81. The fourth-order valence-corrected chi connectivity index (χ4v) is 3.65. The molecule has 0 aromatic heterocycles. The molecule has 3 rings (SSSR count). The Morgan fingerprint density at radius 2 is 2.00 bits per heavy atom. The van der Waals surface area contributed by atoms with Gasteiger partial charge in [0.1, 0.15) is 12.4 Å². The maximum atomic E-state index is 11.9. The number of allylic oxidation sites excluding steroid dienone is 3. The van der Waals surface area contributed by atoms with Gasteiger partial charge in [-0.2, -0.15) is 0 Å². The summed E-state index contributed by atoms with van der Waals surface area (Å²) in [6.07, 6.45) is 6.57. The fourth-order valence-electron chi connectivity index (χ4n) is 2.72. The lowest BCUT2D eigenvalue weighted by atomic mass is 10.00. The monoisotopic (exact) mass is 358 g/mol. The van der Waals surface area contributed by atoms with Gasteiger partial charge in [0.25, 0.3) is 5.69 Å². The highest BCUT2D eigenvalue weighted by atomic mass is 32.2. The molecule has 1 fully saturated rings. The van der Waals surface area contributed by atoms with Crippen LogP contribution >= 0.6 is 11.8 Å². The number of amides is 1. The summed E-state index contributed by atoms with van der Waals surface area (Å²) in [5.74, 6) is 0.770. The highest BCUT2D eigenvalue weighted by Gasteiger charge is 2.29. The number of non-ortho nitro benzene ring substituents is 1. The SMILES string of the molecule is C=C1NC(=O)C(CC2=CCCC=C2OCc2ccc([N+](=O)[O-])cc2)S1. The molecule has 1 unspecified atom stereocenters. The van der Waals surface area contributed by atoms with Crippen molar-refractivity contribution in [2.45, 2.75) is 31.1 Å². The third-order valence-corrected chi connectivity index (χ3v) is 5.04. The molecule has 1 heterocycles. The van der Waals surface area contributed by atoms with E-state index >= 15 is 0 Å². The Morgan fingerprint density at radius 3 is 2.64 bits per heavy atom. The number of rotatable bonds is 6. The molecule has 0 saturated carbocycles. The van der Waals surface area contributed by atoms with Crippen LogP contribution in [0.25, 0.3) is 0 Å². The summed E-state index contributed by atoms with van der Waals surface area (Å²) in [4.78, 5) is 22.2. The highest BCUT2D eigenvalue weighted by Crippen LogP contribution is 2.34. The van der Waals surface area contributed by atoms with Gasteiger partial charge >= 0.3 is 0 Å². The standard InChI is InChI=1S/C18H18N2O4S/c1-12-19-18(21)17(25-12)10-14-4-2-3-5-16(14)24-11-13-6-8-15(9-7-13)20(22)23/h4-9,17H,1-3,10-11H2,(H,19,21). The molecule has 130 valence electrons. The first-order chi connectivity index (χ1) is 12.0. The van der Waals surface area contributed by atoms with Crippen molar-refractivity contribution in [2.75, 3.05) is 0 Å². The van der Waals surface area contributed by atoms with E-state index in [1.807, 2.05) is 6.08 Å². The second kappa shape index (κ2) is 7.57. The Morgan fingerprint density at radius 1 is 1.28 bits per heavy atom. The Balaban J connectivity index is 1.61. The van der Waals surface area contributed by atoms with Crippen LogP contribution in [0.1, 0.15) is 24.8 Å². The van der Waals surface area contributed by atoms with Crippen LogP contribution in [0.3, 0.4) is 0 Å². The van der Waals surface area contributed by atoms with Crippen molar-refractivity contribution in [1.29, 1.82) is 0 Å². The Kier molecular flexibility index (Phi) is 5.23. The van der Waals surface area contributed by atoms with Gasteiger partial charge in [-0.25, -0.2) is 0 Å². The first kappa shape index (κ1) is 17.3. The number of hydrogen-bond acceptors (Lipinski definition) is 5. The molecule has 1 saturated heterocycles. The lowest BCUT2D eigenvalue weighted by Gasteiger charge is -2.19. The van der Waals surface area contributed by atoms with Crippen molar-refractivity contribution in [3.8, 4) is 0 Å². The summed E-state index contributed by atoms with van der Waals surface area (Å²) in [5.41, 5.74) is 1.94. The van der Waals surface area contributed by atoms with Crippen molar-refractivity contribution in [2.24, 2.45) is 0 Å². The number of carbonyl (C=O) groups is 1. The van der Waals surface area contributed by atoms with Gasteiger partial charge in [0.15, 0.2) is 0 Å². The molecule has 1 amide bonds. The number of nitro benzene ring substituents is 1. The molecule has 0 spiro atoms. The lowest BCUT2D eigenvalue weighted by Crippen LogP contribution is -2.22. The summed E-state index contributed by atoms with van der Waals surface area (Å²) in [6, 6.07) is 6.32. The third-order valence-electron chi connectivity index (χ3n) is 3.99. The number of carbonyl (C=O) groups excluding carboxylic acids is 1. The van der Waals surface area contributed by atoms with Gasteiger partial charge in [0.05, 0.1) is 15.2 Å². The van der Waals surface area contributed by atoms with Gasteiger partial charge in [-0.05, 0) is 48.6 Å². The molecule has 1 aliphatic heterocycles. The molecule has 0 bridgehead atoms. The van der Waals surface area contributed by atoms with Crippen LogP contribution in [0, 0.1) is 10.1 Å². The van der Waals surface area contributed by atoms with E-state index in [1.165, 1.54) is 23.9 Å². The van der Waals surface area contributed by atoms with E-state index in [0.717, 1.165) is 29.7 Å². The summed E-state index contributed by atoms with van der Waals surface area (Å²) >= 11 is 1.45. The largest absolute Gasteiger partial charge is 0.489 e. The minimum absolute atomic E-state index is 0.0174.